The van der Waals surface area contributed by atoms with Crippen LogP contribution < -0.4 is 5.32 Å². The maximum Gasteiger partial charge on any atom is 0.407 e. The first-order valence-electron chi connectivity index (χ1n) is 12.8. The molecule has 2 saturated carbocycles. The molecule has 0 radical (unpaired) electrons. The number of benzene rings is 1. The van der Waals surface area contributed by atoms with Crippen LogP contribution in [0.4, 0.5) is 4.79 Å². The summed E-state index contributed by atoms with van der Waals surface area (Å²) in [5, 5.41) is 5.01. The van der Waals surface area contributed by atoms with E-state index in [9.17, 15) is 9.59 Å². The number of nitrogens with zero attached hydrogens (tertiary/aromatic N) is 1. The number of hydrogen-bond donors (Lipinski definition) is 1. The third-order valence-corrected chi connectivity index (χ3v) is 9.74. The van der Waals surface area contributed by atoms with Gasteiger partial charge < -0.3 is 19.5 Å². The van der Waals surface area contributed by atoms with Crippen molar-refractivity contribution in [1.82, 2.24) is 10.4 Å². The van der Waals surface area contributed by atoms with Crippen LogP contribution in [-0.4, -0.2) is 54.8 Å². The molecule has 2 saturated heterocycles. The summed E-state index contributed by atoms with van der Waals surface area (Å²) in [6.07, 6.45) is 1.19. The minimum absolute atomic E-state index is 0.0648. The van der Waals surface area contributed by atoms with E-state index in [1.54, 1.807) is 6.92 Å². The number of hydrogen-bond acceptors (Lipinski definition) is 7. The number of nitrogens with one attached hydrogen (secondary N) is 1. The number of methoxy groups -OCH3 is 1. The zero-order valence-electron chi connectivity index (χ0n) is 21.5. The highest BCUT2D eigenvalue weighted by Crippen LogP contribution is 2.70. The molecule has 1 N–H and O–H groups in total. The number of rotatable bonds is 6. The molecule has 8 heteroatoms. The summed E-state index contributed by atoms with van der Waals surface area (Å²) in [4.78, 5) is 31.9. The van der Waals surface area contributed by atoms with Gasteiger partial charge in [0.05, 0.1) is 43.2 Å². The molecule has 5 rings (SSSR count). The van der Waals surface area contributed by atoms with Gasteiger partial charge in [-0.1, -0.05) is 51.1 Å². The predicted octanol–water partition coefficient (Wildman–Crippen LogP) is 3.89. The van der Waals surface area contributed by atoms with Gasteiger partial charge in [-0.3, -0.25) is 9.63 Å². The van der Waals surface area contributed by atoms with Gasteiger partial charge in [0.25, 0.3) is 0 Å². The van der Waals surface area contributed by atoms with Gasteiger partial charge in [0, 0.05) is 5.41 Å². The highest BCUT2D eigenvalue weighted by molar-refractivity contribution is 5.75. The molecule has 1 amide bonds. The van der Waals surface area contributed by atoms with E-state index in [4.69, 9.17) is 19.0 Å². The van der Waals surface area contributed by atoms with E-state index in [0.29, 0.717) is 5.92 Å². The summed E-state index contributed by atoms with van der Waals surface area (Å²) in [6.45, 7) is 10.9. The van der Waals surface area contributed by atoms with Gasteiger partial charge in [0.2, 0.25) is 0 Å². The predicted molar refractivity (Wildman–Crippen MR) is 128 cm³/mol. The van der Waals surface area contributed by atoms with Crippen molar-refractivity contribution in [2.24, 2.45) is 28.6 Å². The average molecular weight is 487 g/mol. The summed E-state index contributed by atoms with van der Waals surface area (Å²) in [5.41, 5.74) is 1.12. The second-order valence-electron chi connectivity index (χ2n) is 11.5. The van der Waals surface area contributed by atoms with Crippen molar-refractivity contribution in [3.63, 3.8) is 0 Å². The van der Waals surface area contributed by atoms with Crippen LogP contribution in [0, 0.1) is 28.6 Å². The summed E-state index contributed by atoms with van der Waals surface area (Å²) in [7, 11) is 1.36. The van der Waals surface area contributed by atoms with E-state index in [1.807, 2.05) is 42.3 Å². The molecule has 1 aromatic rings. The van der Waals surface area contributed by atoms with E-state index in [1.165, 1.54) is 7.11 Å². The largest absolute Gasteiger partial charge is 0.469 e. The second-order valence-corrected chi connectivity index (χ2v) is 11.5. The Morgan fingerprint density at radius 1 is 1.23 bits per heavy atom. The van der Waals surface area contributed by atoms with Crippen LogP contribution in [0.2, 0.25) is 0 Å². The lowest BCUT2D eigenvalue weighted by atomic mass is 9.70. The quantitative estimate of drug-likeness (QED) is 0.611. The van der Waals surface area contributed by atoms with Crippen molar-refractivity contribution in [2.75, 3.05) is 7.11 Å². The normalized spacial score (nSPS) is 38.5. The molecule has 8 nitrogen and oxygen atoms in total. The molecule has 2 bridgehead atoms. The Labute approximate surface area is 207 Å². The Morgan fingerprint density at radius 3 is 2.63 bits per heavy atom. The Bertz CT molecular complexity index is 970. The lowest BCUT2D eigenvalue weighted by molar-refractivity contribution is -0.193. The summed E-state index contributed by atoms with van der Waals surface area (Å²) in [6, 6.07) is 9.10. The Balaban J connectivity index is 1.36. The van der Waals surface area contributed by atoms with Gasteiger partial charge in [-0.25, -0.2) is 4.79 Å². The topological polar surface area (TPSA) is 86.3 Å². The molecule has 0 aromatic heterocycles. The lowest BCUT2D eigenvalue weighted by Crippen LogP contribution is -2.53. The molecule has 0 unspecified atom stereocenters. The van der Waals surface area contributed by atoms with Crippen LogP contribution in [0.3, 0.4) is 0 Å². The van der Waals surface area contributed by atoms with E-state index in [0.717, 1.165) is 18.4 Å². The number of alkyl carbamates (subject to hydrolysis) is 1. The van der Waals surface area contributed by atoms with Gasteiger partial charge in [-0.2, -0.15) is 5.06 Å². The molecule has 2 heterocycles. The molecule has 2 aliphatic heterocycles. The Kier molecular flexibility index (Phi) is 6.13. The van der Waals surface area contributed by atoms with Crippen LogP contribution >= 0.6 is 0 Å². The Morgan fingerprint density at radius 2 is 1.94 bits per heavy atom. The van der Waals surface area contributed by atoms with Crippen molar-refractivity contribution >= 4 is 12.1 Å². The maximum atomic E-state index is 12.9. The zero-order chi connectivity index (χ0) is 25.1. The van der Waals surface area contributed by atoms with Crippen molar-refractivity contribution < 1.29 is 28.6 Å². The molecule has 9 atom stereocenters. The highest BCUT2D eigenvalue weighted by Gasteiger charge is 2.74. The number of ether oxygens (including phenoxy) is 3. The first kappa shape index (κ1) is 24.5. The molecule has 35 heavy (non-hydrogen) atoms. The van der Waals surface area contributed by atoms with Gasteiger partial charge in [0.15, 0.2) is 0 Å². The van der Waals surface area contributed by atoms with Gasteiger partial charge in [0.1, 0.15) is 12.8 Å². The van der Waals surface area contributed by atoms with Crippen LogP contribution in [0.15, 0.2) is 30.3 Å². The van der Waals surface area contributed by atoms with Crippen LogP contribution in [0.25, 0.3) is 0 Å². The summed E-state index contributed by atoms with van der Waals surface area (Å²) >= 11 is 0. The number of esters is 1. The molecule has 192 valence electrons. The third-order valence-electron chi connectivity index (χ3n) is 9.74. The average Bonchev–Trinajstić information content (AvgIpc) is 3.47. The molecule has 4 fully saturated rings. The highest BCUT2D eigenvalue weighted by atomic mass is 16.8. The fourth-order valence-electron chi connectivity index (χ4n) is 7.32. The van der Waals surface area contributed by atoms with E-state index in [-0.39, 0.29) is 47.8 Å². The maximum absolute atomic E-state index is 12.9. The molecule has 2 aliphatic carbocycles. The summed E-state index contributed by atoms with van der Waals surface area (Å²) < 4.78 is 17.3. The van der Waals surface area contributed by atoms with Crippen LogP contribution in [0.1, 0.15) is 53.0 Å². The molecule has 0 spiro atoms. The minimum atomic E-state index is -0.604. The number of fused-ring (bicyclic) bond motifs is 7. The number of hydroxylamine groups is 2. The van der Waals surface area contributed by atoms with Gasteiger partial charge >= 0.3 is 12.1 Å². The van der Waals surface area contributed by atoms with E-state index >= 15 is 0 Å². The fraction of sp³-hybridized carbons (Fsp3) is 0.704. The van der Waals surface area contributed by atoms with E-state index < -0.39 is 24.0 Å². The van der Waals surface area contributed by atoms with Crippen molar-refractivity contribution in [1.29, 1.82) is 0 Å². The standard InChI is InChI=1S/C27H38N2O6/c1-15(24(30)32-6)20(28-25(31)33-14-17-10-8-7-9-11-17)19-16(2)35-29-21-18-12-13-27(5,26(18,3)4)22(21)34-23(19)29/h7-11,15-16,18-23H,12-14H2,1-6H3,(H,28,31)/t15-,16-,18+,19+,20+,21+,22+,23-,27-/m0/s1. The number of carbonyl (C=O) groups excluding carboxylic acids is 2. The van der Waals surface area contributed by atoms with Gasteiger partial charge in [-0.15, -0.1) is 0 Å². The molecular formula is C27H38N2O6. The monoisotopic (exact) mass is 486 g/mol. The fourth-order valence-corrected chi connectivity index (χ4v) is 7.32. The smallest absolute Gasteiger partial charge is 0.407 e. The minimum Gasteiger partial charge on any atom is -0.469 e. The number of carbonyl (C=O) groups is 2. The third kappa shape index (κ3) is 3.67. The molecular weight excluding hydrogens is 448 g/mol. The zero-order valence-corrected chi connectivity index (χ0v) is 21.5. The Hall–Kier alpha value is -2.16. The van der Waals surface area contributed by atoms with Crippen molar-refractivity contribution in [3.8, 4) is 0 Å². The first-order valence-corrected chi connectivity index (χ1v) is 12.8. The molecule has 1 aromatic carbocycles. The van der Waals surface area contributed by atoms with Crippen LogP contribution in [0.5, 0.6) is 0 Å². The summed E-state index contributed by atoms with van der Waals surface area (Å²) in [5.74, 6) is -0.776. The van der Waals surface area contributed by atoms with Crippen molar-refractivity contribution in [2.45, 2.75) is 84.6 Å². The lowest BCUT2D eigenvalue weighted by Gasteiger charge is -2.39. The van der Waals surface area contributed by atoms with Crippen molar-refractivity contribution in [3.05, 3.63) is 35.9 Å². The number of amides is 1. The second kappa shape index (κ2) is 8.75. The SMILES string of the molecule is COC(=O)[C@@H](C)[C@@H](NC(=O)OCc1ccccc1)[C@H]1[C@H](C)ON2[C@@H]3[C@H]4CC[C@@](C)([C@@H]3O[C@@H]12)C4(C)C. The molecule has 4 aliphatic rings. The van der Waals surface area contributed by atoms with Gasteiger partial charge in [-0.05, 0) is 43.6 Å². The first-order chi connectivity index (χ1) is 16.6. The van der Waals surface area contributed by atoms with E-state index in [2.05, 4.69) is 26.1 Å². The van der Waals surface area contributed by atoms with Crippen LogP contribution in [-0.2, 0) is 30.4 Å².